The molecule has 3 nitrogen and oxygen atoms in total. The molecule has 128 valence electrons. The number of allylic oxidation sites excluding steroid dienone is 2. The van der Waals surface area contributed by atoms with E-state index in [1.54, 1.807) is 0 Å². The van der Waals surface area contributed by atoms with Crippen LogP contribution in [-0.2, 0) is 9.47 Å². The van der Waals surface area contributed by atoms with Gasteiger partial charge in [0.15, 0.2) is 6.29 Å². The van der Waals surface area contributed by atoms with Crippen molar-refractivity contribution in [3.05, 3.63) is 72.3 Å². The first kappa shape index (κ1) is 15.2. The van der Waals surface area contributed by atoms with E-state index in [1.807, 2.05) is 48.5 Å². The first-order chi connectivity index (χ1) is 12.4. The average Bonchev–Trinajstić information content (AvgIpc) is 3.17. The van der Waals surface area contributed by atoms with Crippen molar-refractivity contribution >= 4 is 0 Å². The van der Waals surface area contributed by atoms with Crippen molar-refractivity contribution in [1.82, 2.24) is 0 Å². The number of hydrogen-bond acceptors (Lipinski definition) is 3. The summed E-state index contributed by atoms with van der Waals surface area (Å²) in [6, 6.07) is 17.9. The number of fused-ring (bicyclic) bond motifs is 5. The molecule has 2 aromatic rings. The van der Waals surface area contributed by atoms with Crippen LogP contribution >= 0.6 is 0 Å². The van der Waals surface area contributed by atoms with Crippen molar-refractivity contribution in [2.75, 3.05) is 13.2 Å². The largest absolute Gasteiger partial charge is 0.457 e. The summed E-state index contributed by atoms with van der Waals surface area (Å²) in [5.74, 6) is 4.24. The predicted molar refractivity (Wildman–Crippen MR) is 95.3 cm³/mol. The predicted octanol–water partition coefficient (Wildman–Crippen LogP) is 4.96. The molecule has 3 aliphatic rings. The fraction of sp³-hybridized carbons (Fsp3) is 0.364. The third kappa shape index (κ3) is 2.88. The molecule has 0 N–H and O–H groups in total. The molecule has 2 aromatic carbocycles. The van der Waals surface area contributed by atoms with Gasteiger partial charge in [-0.1, -0.05) is 42.5 Å². The van der Waals surface area contributed by atoms with Crippen LogP contribution in [0.1, 0.15) is 18.3 Å². The van der Waals surface area contributed by atoms with Gasteiger partial charge in [-0.3, -0.25) is 0 Å². The van der Waals surface area contributed by atoms with Gasteiger partial charge in [-0.25, -0.2) is 0 Å². The molecule has 4 unspecified atom stereocenters. The van der Waals surface area contributed by atoms with Gasteiger partial charge in [-0.2, -0.15) is 0 Å². The maximum absolute atomic E-state index is 6.15. The Labute approximate surface area is 148 Å². The molecule has 2 fully saturated rings. The highest BCUT2D eigenvalue weighted by Gasteiger charge is 2.46. The summed E-state index contributed by atoms with van der Waals surface area (Å²) in [6.45, 7) is 1.56. The van der Waals surface area contributed by atoms with E-state index in [0.29, 0.717) is 23.7 Å². The van der Waals surface area contributed by atoms with Gasteiger partial charge in [-0.05, 0) is 54.4 Å². The second-order valence-corrected chi connectivity index (χ2v) is 7.26. The fourth-order valence-electron chi connectivity index (χ4n) is 4.51. The minimum Gasteiger partial charge on any atom is -0.457 e. The van der Waals surface area contributed by atoms with Gasteiger partial charge in [-0.15, -0.1) is 0 Å². The van der Waals surface area contributed by atoms with Crippen LogP contribution in [0.4, 0.5) is 0 Å². The van der Waals surface area contributed by atoms with Crippen LogP contribution in [0, 0.1) is 23.7 Å². The Kier molecular flexibility index (Phi) is 3.84. The fourth-order valence-corrected chi connectivity index (χ4v) is 4.51. The zero-order chi connectivity index (χ0) is 16.6. The second kappa shape index (κ2) is 6.32. The zero-order valence-corrected chi connectivity index (χ0v) is 14.1. The molecule has 0 spiro atoms. The minimum absolute atomic E-state index is 0.302. The molecule has 0 aromatic heterocycles. The Bertz CT molecular complexity index is 748. The van der Waals surface area contributed by atoms with Crippen LogP contribution in [0.15, 0.2) is 66.7 Å². The maximum Gasteiger partial charge on any atom is 0.183 e. The molecule has 1 heterocycles. The third-order valence-electron chi connectivity index (χ3n) is 5.79. The first-order valence-electron chi connectivity index (χ1n) is 9.11. The lowest BCUT2D eigenvalue weighted by Gasteiger charge is -2.23. The zero-order valence-electron chi connectivity index (χ0n) is 14.1. The Hall–Kier alpha value is -2.10. The van der Waals surface area contributed by atoms with E-state index < -0.39 is 0 Å². The SMILES string of the molecule is C1=CC2CC1C1COC(c3cccc(Oc4ccccc4)c3)OCC21. The summed E-state index contributed by atoms with van der Waals surface area (Å²) in [4.78, 5) is 0. The van der Waals surface area contributed by atoms with Gasteiger partial charge in [0.2, 0.25) is 0 Å². The van der Waals surface area contributed by atoms with Gasteiger partial charge in [0.05, 0.1) is 13.2 Å². The van der Waals surface area contributed by atoms with Crippen LogP contribution in [0.2, 0.25) is 0 Å². The highest BCUT2D eigenvalue weighted by Crippen LogP contribution is 2.50. The number of benzene rings is 2. The number of ether oxygens (including phenoxy) is 3. The van der Waals surface area contributed by atoms with E-state index in [-0.39, 0.29) is 6.29 Å². The molecular weight excluding hydrogens is 312 g/mol. The molecule has 25 heavy (non-hydrogen) atoms. The Balaban J connectivity index is 1.31. The van der Waals surface area contributed by atoms with Gasteiger partial charge in [0.1, 0.15) is 11.5 Å². The molecule has 3 heteroatoms. The van der Waals surface area contributed by atoms with Crippen molar-refractivity contribution in [2.45, 2.75) is 12.7 Å². The highest BCUT2D eigenvalue weighted by atomic mass is 16.7. The molecule has 1 saturated carbocycles. The average molecular weight is 334 g/mol. The molecule has 0 amide bonds. The van der Waals surface area contributed by atoms with Crippen LogP contribution < -0.4 is 4.74 Å². The summed E-state index contributed by atoms with van der Waals surface area (Å²) in [6.07, 6.45) is 5.74. The van der Waals surface area contributed by atoms with Crippen LogP contribution in [0.5, 0.6) is 11.5 Å². The number of rotatable bonds is 3. The normalized spacial score (nSPS) is 33.0. The molecule has 2 aliphatic carbocycles. The molecule has 4 atom stereocenters. The van der Waals surface area contributed by atoms with E-state index in [2.05, 4.69) is 18.2 Å². The lowest BCUT2D eigenvalue weighted by Crippen LogP contribution is -2.24. The van der Waals surface area contributed by atoms with Gasteiger partial charge >= 0.3 is 0 Å². The Morgan fingerprint density at radius 2 is 1.44 bits per heavy atom. The van der Waals surface area contributed by atoms with Gasteiger partial charge < -0.3 is 14.2 Å². The molecule has 5 rings (SSSR count). The summed E-state index contributed by atoms with van der Waals surface area (Å²) >= 11 is 0. The molecular formula is C22H22O3. The Morgan fingerprint density at radius 3 is 2.16 bits per heavy atom. The van der Waals surface area contributed by atoms with Crippen molar-refractivity contribution in [3.63, 3.8) is 0 Å². The first-order valence-corrected chi connectivity index (χ1v) is 9.11. The highest BCUT2D eigenvalue weighted by molar-refractivity contribution is 5.34. The van der Waals surface area contributed by atoms with E-state index in [9.17, 15) is 0 Å². The monoisotopic (exact) mass is 334 g/mol. The molecule has 2 bridgehead atoms. The van der Waals surface area contributed by atoms with E-state index in [0.717, 1.165) is 30.3 Å². The summed E-state index contributed by atoms with van der Waals surface area (Å²) < 4.78 is 18.2. The van der Waals surface area contributed by atoms with E-state index in [4.69, 9.17) is 14.2 Å². The minimum atomic E-state index is -0.302. The maximum atomic E-state index is 6.15. The van der Waals surface area contributed by atoms with Crippen LogP contribution in [0.3, 0.4) is 0 Å². The van der Waals surface area contributed by atoms with E-state index in [1.165, 1.54) is 6.42 Å². The van der Waals surface area contributed by atoms with Gasteiger partial charge in [0.25, 0.3) is 0 Å². The van der Waals surface area contributed by atoms with Gasteiger partial charge in [0, 0.05) is 5.56 Å². The molecule has 0 radical (unpaired) electrons. The van der Waals surface area contributed by atoms with E-state index >= 15 is 0 Å². The van der Waals surface area contributed by atoms with Crippen LogP contribution in [-0.4, -0.2) is 13.2 Å². The van der Waals surface area contributed by atoms with Crippen molar-refractivity contribution < 1.29 is 14.2 Å². The molecule has 1 aliphatic heterocycles. The van der Waals surface area contributed by atoms with Crippen LogP contribution in [0.25, 0.3) is 0 Å². The lowest BCUT2D eigenvalue weighted by molar-refractivity contribution is -0.136. The lowest BCUT2D eigenvalue weighted by atomic mass is 9.84. The molecule has 1 saturated heterocycles. The topological polar surface area (TPSA) is 27.7 Å². The standard InChI is InChI=1S/C22H22O3/c1-2-6-18(7-3-1)25-19-8-4-5-17(12-19)22-23-13-20-15-9-10-16(11-15)21(20)14-24-22/h1-10,12,15-16,20-22H,11,13-14H2. The second-order valence-electron chi connectivity index (χ2n) is 7.26. The Morgan fingerprint density at radius 1 is 0.760 bits per heavy atom. The summed E-state index contributed by atoms with van der Waals surface area (Å²) in [5, 5.41) is 0. The summed E-state index contributed by atoms with van der Waals surface area (Å²) in [7, 11) is 0. The summed E-state index contributed by atoms with van der Waals surface area (Å²) in [5.41, 5.74) is 1.02. The quantitative estimate of drug-likeness (QED) is 0.742. The number of hydrogen-bond donors (Lipinski definition) is 0. The smallest absolute Gasteiger partial charge is 0.183 e. The third-order valence-corrected chi connectivity index (χ3v) is 5.79. The van der Waals surface area contributed by atoms with Crippen molar-refractivity contribution in [3.8, 4) is 11.5 Å². The van der Waals surface area contributed by atoms with Crippen molar-refractivity contribution in [1.29, 1.82) is 0 Å². The number of para-hydroxylation sites is 1. The van der Waals surface area contributed by atoms with Crippen molar-refractivity contribution in [2.24, 2.45) is 23.7 Å².